The van der Waals surface area contributed by atoms with Gasteiger partial charge in [-0.05, 0) is 44.4 Å². The molecule has 156 valence electrons. The van der Waals surface area contributed by atoms with Gasteiger partial charge >= 0.3 is 12.0 Å². The number of urea groups is 1. The highest BCUT2D eigenvalue weighted by atomic mass is 16.5. The lowest BCUT2D eigenvalue weighted by molar-refractivity contribution is -0.140. The number of ether oxygens (including phenoxy) is 1. The van der Waals surface area contributed by atoms with Crippen LogP contribution >= 0.6 is 0 Å². The van der Waals surface area contributed by atoms with Crippen LogP contribution in [-0.4, -0.2) is 35.4 Å². The zero-order valence-electron chi connectivity index (χ0n) is 17.2. The number of nitrogens with zero attached hydrogens (tertiary/aromatic N) is 1. The number of benzene rings is 2. The zero-order chi connectivity index (χ0) is 22.1. The van der Waals surface area contributed by atoms with E-state index in [1.165, 1.54) is 0 Å². The molecule has 0 aromatic heterocycles. The van der Waals surface area contributed by atoms with Crippen molar-refractivity contribution in [3.63, 3.8) is 0 Å². The van der Waals surface area contributed by atoms with E-state index in [-0.39, 0.29) is 0 Å². The van der Waals surface area contributed by atoms with Crippen molar-refractivity contribution in [2.45, 2.75) is 33.2 Å². The summed E-state index contributed by atoms with van der Waals surface area (Å²) < 4.78 is 5.09. The lowest BCUT2D eigenvalue weighted by Crippen LogP contribution is -2.49. The topological polar surface area (TPSA) is 105 Å². The second kappa shape index (κ2) is 7.98. The number of carbonyl (C=O) groups excluding carboxylic acids is 4. The quantitative estimate of drug-likeness (QED) is 0.582. The molecule has 30 heavy (non-hydrogen) atoms. The Morgan fingerprint density at radius 2 is 1.67 bits per heavy atom. The number of amides is 4. The van der Waals surface area contributed by atoms with Gasteiger partial charge in [0.15, 0.2) is 6.61 Å². The molecule has 2 N–H and O–H groups in total. The third-order valence-electron chi connectivity index (χ3n) is 4.99. The summed E-state index contributed by atoms with van der Waals surface area (Å²) in [6.07, 6.45) is 0. The van der Waals surface area contributed by atoms with E-state index >= 15 is 0 Å². The van der Waals surface area contributed by atoms with Crippen molar-refractivity contribution >= 4 is 23.8 Å². The van der Waals surface area contributed by atoms with Gasteiger partial charge in [0.1, 0.15) is 5.54 Å². The van der Waals surface area contributed by atoms with Crippen LogP contribution in [0, 0.1) is 20.8 Å². The summed E-state index contributed by atoms with van der Waals surface area (Å²) in [7, 11) is 0. The summed E-state index contributed by atoms with van der Waals surface area (Å²) in [5, 5.41) is 3.18. The molecule has 1 atom stereocenters. The van der Waals surface area contributed by atoms with Crippen LogP contribution in [0.3, 0.4) is 0 Å². The fraction of sp³-hybridized carbons (Fsp3) is 0.273. The number of rotatable bonds is 5. The van der Waals surface area contributed by atoms with Crippen molar-refractivity contribution in [3.8, 4) is 0 Å². The Labute approximate surface area is 174 Å². The van der Waals surface area contributed by atoms with E-state index in [9.17, 15) is 19.2 Å². The van der Waals surface area contributed by atoms with E-state index in [0.717, 1.165) is 16.7 Å². The van der Waals surface area contributed by atoms with Crippen LogP contribution in [-0.2, 0) is 19.9 Å². The summed E-state index contributed by atoms with van der Waals surface area (Å²) in [5.41, 5.74) is 4.36. The van der Waals surface area contributed by atoms with Gasteiger partial charge in [-0.2, -0.15) is 5.01 Å². The van der Waals surface area contributed by atoms with E-state index in [1.807, 2.05) is 19.1 Å². The Hall–Kier alpha value is -3.68. The van der Waals surface area contributed by atoms with Crippen LogP contribution in [0.2, 0.25) is 0 Å². The second-order valence-electron chi connectivity index (χ2n) is 7.45. The molecule has 1 fully saturated rings. The maximum atomic E-state index is 12.8. The molecular formula is C22H23N3O5. The summed E-state index contributed by atoms with van der Waals surface area (Å²) in [6, 6.07) is 11.6. The molecule has 1 aliphatic heterocycles. The lowest BCUT2D eigenvalue weighted by Gasteiger charge is -2.22. The third-order valence-corrected chi connectivity index (χ3v) is 4.99. The standard InChI is InChI=1S/C22H23N3O5/c1-13-10-14(2)18(15(3)11-13)19(27)30-12-17(26)24-25-20(28)22(4,23-21(25)29)16-8-6-5-7-9-16/h5-11H,12H2,1-4H3,(H,23,29)(H,24,26)/t22-/m0/s1. The molecule has 2 aromatic carbocycles. The first-order chi connectivity index (χ1) is 14.1. The summed E-state index contributed by atoms with van der Waals surface area (Å²) >= 11 is 0. The second-order valence-corrected chi connectivity index (χ2v) is 7.45. The average Bonchev–Trinajstić information content (AvgIpc) is 2.90. The Morgan fingerprint density at radius 3 is 2.27 bits per heavy atom. The fourth-order valence-electron chi connectivity index (χ4n) is 3.57. The van der Waals surface area contributed by atoms with Gasteiger partial charge in [-0.15, -0.1) is 0 Å². The maximum Gasteiger partial charge on any atom is 0.344 e. The van der Waals surface area contributed by atoms with E-state index in [0.29, 0.717) is 16.1 Å². The first kappa shape index (κ1) is 21.0. The summed E-state index contributed by atoms with van der Waals surface area (Å²) in [4.78, 5) is 49.7. The van der Waals surface area contributed by atoms with Crippen LogP contribution in [0.5, 0.6) is 0 Å². The highest BCUT2D eigenvalue weighted by Crippen LogP contribution is 2.27. The molecule has 8 nitrogen and oxygen atoms in total. The van der Waals surface area contributed by atoms with Crippen molar-refractivity contribution in [2.24, 2.45) is 0 Å². The van der Waals surface area contributed by atoms with Crippen molar-refractivity contribution in [1.82, 2.24) is 15.8 Å². The Bertz CT molecular complexity index is 1010. The number of nitrogens with one attached hydrogen (secondary N) is 2. The van der Waals surface area contributed by atoms with E-state index in [4.69, 9.17) is 4.74 Å². The molecule has 3 rings (SSSR count). The minimum absolute atomic E-state index is 0.389. The average molecular weight is 409 g/mol. The fourth-order valence-corrected chi connectivity index (χ4v) is 3.57. The van der Waals surface area contributed by atoms with Gasteiger partial charge < -0.3 is 10.1 Å². The van der Waals surface area contributed by atoms with Gasteiger partial charge in [0.25, 0.3) is 11.8 Å². The largest absolute Gasteiger partial charge is 0.452 e. The number of esters is 1. The number of aryl methyl sites for hydroxylation is 3. The first-order valence-electron chi connectivity index (χ1n) is 9.40. The van der Waals surface area contributed by atoms with Crippen molar-refractivity contribution in [3.05, 3.63) is 70.3 Å². The third kappa shape index (κ3) is 3.89. The molecule has 0 bridgehead atoms. The normalized spacial score (nSPS) is 18.2. The molecule has 4 amide bonds. The molecular weight excluding hydrogens is 386 g/mol. The molecule has 0 unspecified atom stereocenters. The predicted octanol–water partition coefficient (Wildman–Crippen LogP) is 2.27. The molecule has 0 saturated carbocycles. The number of hydrogen-bond acceptors (Lipinski definition) is 5. The zero-order valence-corrected chi connectivity index (χ0v) is 17.2. The van der Waals surface area contributed by atoms with Crippen molar-refractivity contribution in [2.75, 3.05) is 6.61 Å². The van der Waals surface area contributed by atoms with Crippen LogP contribution in [0.25, 0.3) is 0 Å². The molecule has 1 aliphatic rings. The summed E-state index contributed by atoms with van der Waals surface area (Å²) in [6.45, 7) is 6.41. The van der Waals surface area contributed by atoms with Crippen LogP contribution in [0.1, 0.15) is 39.5 Å². The summed E-state index contributed by atoms with van der Waals surface area (Å²) in [5.74, 6) is -2.08. The number of hydrazine groups is 1. The van der Waals surface area contributed by atoms with E-state index in [2.05, 4.69) is 10.7 Å². The molecule has 0 radical (unpaired) electrons. The molecule has 1 heterocycles. The van der Waals surface area contributed by atoms with E-state index in [1.54, 1.807) is 51.1 Å². The number of carbonyl (C=O) groups is 4. The monoisotopic (exact) mass is 409 g/mol. The predicted molar refractivity (Wildman–Crippen MR) is 108 cm³/mol. The highest BCUT2D eigenvalue weighted by molar-refractivity contribution is 6.08. The minimum atomic E-state index is -1.31. The molecule has 8 heteroatoms. The molecule has 1 saturated heterocycles. The van der Waals surface area contributed by atoms with Crippen molar-refractivity contribution in [1.29, 1.82) is 0 Å². The lowest BCUT2D eigenvalue weighted by atomic mass is 9.92. The minimum Gasteiger partial charge on any atom is -0.452 e. The SMILES string of the molecule is Cc1cc(C)c(C(=O)OCC(=O)NN2C(=O)N[C@@](C)(c3ccccc3)C2=O)c(C)c1. The van der Waals surface area contributed by atoms with Gasteiger partial charge in [0.05, 0.1) is 5.56 Å². The highest BCUT2D eigenvalue weighted by Gasteiger charge is 2.50. The number of hydrogen-bond donors (Lipinski definition) is 2. The van der Waals surface area contributed by atoms with Gasteiger partial charge in [-0.25, -0.2) is 9.59 Å². The molecule has 0 spiro atoms. The Balaban J connectivity index is 1.65. The van der Waals surface area contributed by atoms with Crippen LogP contribution in [0.4, 0.5) is 4.79 Å². The van der Waals surface area contributed by atoms with Crippen LogP contribution in [0.15, 0.2) is 42.5 Å². The van der Waals surface area contributed by atoms with Crippen molar-refractivity contribution < 1.29 is 23.9 Å². The van der Waals surface area contributed by atoms with Gasteiger partial charge in [0.2, 0.25) is 0 Å². The first-order valence-corrected chi connectivity index (χ1v) is 9.40. The van der Waals surface area contributed by atoms with E-state index < -0.39 is 36.0 Å². The van der Waals surface area contributed by atoms with Gasteiger partial charge in [-0.1, -0.05) is 48.0 Å². The smallest absolute Gasteiger partial charge is 0.344 e. The molecule has 0 aliphatic carbocycles. The molecule has 2 aromatic rings. The van der Waals surface area contributed by atoms with Gasteiger partial charge in [-0.3, -0.25) is 15.0 Å². The number of imide groups is 1. The van der Waals surface area contributed by atoms with Crippen LogP contribution < -0.4 is 10.7 Å². The Kier molecular flexibility index (Phi) is 5.60. The Morgan fingerprint density at radius 1 is 1.07 bits per heavy atom. The maximum absolute atomic E-state index is 12.8. The van der Waals surface area contributed by atoms with Gasteiger partial charge in [0, 0.05) is 0 Å².